The van der Waals surface area contributed by atoms with Gasteiger partial charge in [-0.2, -0.15) is 0 Å². The minimum absolute atomic E-state index is 0.106. The van der Waals surface area contributed by atoms with Crippen molar-refractivity contribution in [2.75, 3.05) is 30.4 Å². The van der Waals surface area contributed by atoms with E-state index in [2.05, 4.69) is 20.9 Å². The number of hydrogen-bond acceptors (Lipinski definition) is 8. The summed E-state index contributed by atoms with van der Waals surface area (Å²) < 4.78 is 5.44. The maximum Gasteiger partial charge on any atom is 0.126 e. The van der Waals surface area contributed by atoms with Gasteiger partial charge in [0.05, 0.1) is 16.8 Å². The van der Waals surface area contributed by atoms with E-state index in [0.717, 1.165) is 61.4 Å². The Hall–Kier alpha value is -1.97. The fraction of sp³-hybridized carbons (Fsp3) is 0.615. The van der Waals surface area contributed by atoms with Crippen molar-refractivity contribution in [3.05, 3.63) is 35.5 Å². The van der Waals surface area contributed by atoms with Gasteiger partial charge in [-0.1, -0.05) is 17.7 Å². The Bertz CT molecular complexity index is 961. The number of aliphatic hydroxyl groups is 1. The predicted molar refractivity (Wildman–Crippen MR) is 142 cm³/mol. The van der Waals surface area contributed by atoms with E-state index in [1.54, 1.807) is 6.20 Å². The molecule has 1 saturated carbocycles. The summed E-state index contributed by atoms with van der Waals surface area (Å²) in [7, 11) is 0. The number of hydrogen-bond donors (Lipinski definition) is 5. The maximum atomic E-state index is 9.75. The first-order valence-electron chi connectivity index (χ1n) is 12.8. The number of pyridine rings is 2. The summed E-state index contributed by atoms with van der Waals surface area (Å²) in [5.74, 6) is 1.58. The van der Waals surface area contributed by atoms with Crippen LogP contribution in [-0.4, -0.2) is 64.6 Å². The first kappa shape index (κ1) is 26.1. The van der Waals surface area contributed by atoms with Gasteiger partial charge in [0, 0.05) is 55.2 Å². The summed E-state index contributed by atoms with van der Waals surface area (Å²) in [4.78, 5) is 9.31. The van der Waals surface area contributed by atoms with Crippen molar-refractivity contribution in [1.29, 1.82) is 0 Å². The summed E-state index contributed by atoms with van der Waals surface area (Å²) in [6.07, 6.45) is 7.25. The molecule has 6 N–H and O–H groups in total. The van der Waals surface area contributed by atoms with Crippen molar-refractivity contribution in [2.24, 2.45) is 5.73 Å². The third kappa shape index (κ3) is 7.27. The van der Waals surface area contributed by atoms with Crippen LogP contribution in [0.3, 0.4) is 0 Å². The molecule has 0 spiro atoms. The van der Waals surface area contributed by atoms with E-state index in [0.29, 0.717) is 36.9 Å². The van der Waals surface area contributed by atoms with E-state index in [-0.39, 0.29) is 17.7 Å². The molecule has 0 aromatic carbocycles. The summed E-state index contributed by atoms with van der Waals surface area (Å²) in [6.45, 7) is 5.92. The highest BCUT2D eigenvalue weighted by Gasteiger charge is 2.28. The lowest BCUT2D eigenvalue weighted by Crippen LogP contribution is -2.50. The minimum atomic E-state index is -0.344. The molecule has 2 atom stereocenters. The van der Waals surface area contributed by atoms with Crippen LogP contribution in [0, 0.1) is 0 Å². The predicted octanol–water partition coefficient (Wildman–Crippen LogP) is 3.80. The molecule has 2 aromatic rings. The fourth-order valence-corrected chi connectivity index (χ4v) is 4.94. The molecule has 1 saturated heterocycles. The van der Waals surface area contributed by atoms with Crippen molar-refractivity contribution < 1.29 is 9.84 Å². The molecular weight excluding hydrogens is 464 g/mol. The van der Waals surface area contributed by atoms with Crippen LogP contribution >= 0.6 is 11.6 Å². The monoisotopic (exact) mass is 502 g/mol. The number of aromatic nitrogens is 2. The molecule has 3 heterocycles. The Balaban J connectivity index is 1.37. The third-order valence-corrected chi connectivity index (χ3v) is 7.59. The topological polar surface area (TPSA) is 117 Å². The van der Waals surface area contributed by atoms with Crippen LogP contribution in [0.4, 0.5) is 11.6 Å². The number of anilines is 2. The van der Waals surface area contributed by atoms with Crippen LogP contribution in [0.1, 0.15) is 52.4 Å². The van der Waals surface area contributed by atoms with Crippen LogP contribution < -0.4 is 21.7 Å². The Kier molecular flexibility index (Phi) is 8.83. The number of aliphatic hydroxyl groups excluding tert-OH is 1. The van der Waals surface area contributed by atoms with Gasteiger partial charge in [0.1, 0.15) is 11.6 Å². The second-order valence-corrected chi connectivity index (χ2v) is 10.6. The molecule has 0 radical (unpaired) electrons. The van der Waals surface area contributed by atoms with E-state index in [1.165, 1.54) is 0 Å². The number of rotatable bonds is 9. The lowest BCUT2D eigenvalue weighted by atomic mass is 9.90. The van der Waals surface area contributed by atoms with Crippen molar-refractivity contribution in [2.45, 2.75) is 82.1 Å². The van der Waals surface area contributed by atoms with Gasteiger partial charge in [0.2, 0.25) is 0 Å². The number of nitrogens with two attached hydrogens (primary N) is 1. The van der Waals surface area contributed by atoms with Crippen LogP contribution in [0.5, 0.6) is 0 Å². The third-order valence-electron chi connectivity index (χ3n) is 7.29. The van der Waals surface area contributed by atoms with Gasteiger partial charge in [0.15, 0.2) is 0 Å². The SMILES string of the molecule is C[C@H](N[C@H]1CC[C@H](Nc2cc(-c3cccc(NCC4(N)CCOCC4)n3)c(Cl)cn2)CC1)[C@@H](C)O. The maximum absolute atomic E-state index is 9.75. The van der Waals surface area contributed by atoms with Crippen molar-refractivity contribution in [3.63, 3.8) is 0 Å². The van der Waals surface area contributed by atoms with Crippen LogP contribution in [0.15, 0.2) is 30.5 Å². The highest BCUT2D eigenvalue weighted by Crippen LogP contribution is 2.30. The van der Waals surface area contributed by atoms with Crippen LogP contribution in [-0.2, 0) is 4.74 Å². The molecule has 1 aliphatic heterocycles. The Morgan fingerprint density at radius 2 is 1.86 bits per heavy atom. The molecule has 35 heavy (non-hydrogen) atoms. The first-order chi connectivity index (χ1) is 16.8. The molecule has 1 aliphatic carbocycles. The van der Waals surface area contributed by atoms with Gasteiger partial charge < -0.3 is 31.5 Å². The lowest BCUT2D eigenvalue weighted by molar-refractivity contribution is 0.0574. The summed E-state index contributed by atoms with van der Waals surface area (Å²) >= 11 is 6.53. The molecule has 0 unspecified atom stereocenters. The van der Waals surface area contributed by atoms with Gasteiger partial charge in [-0.3, -0.25) is 0 Å². The molecule has 2 fully saturated rings. The number of ether oxygens (including phenoxy) is 1. The number of halogens is 1. The van der Waals surface area contributed by atoms with Gasteiger partial charge in [-0.25, -0.2) is 9.97 Å². The van der Waals surface area contributed by atoms with E-state index in [4.69, 9.17) is 27.1 Å². The normalized spacial score (nSPS) is 23.9. The van der Waals surface area contributed by atoms with Gasteiger partial charge in [-0.15, -0.1) is 0 Å². The first-order valence-corrected chi connectivity index (χ1v) is 13.1. The van der Waals surface area contributed by atoms with E-state index in [9.17, 15) is 5.11 Å². The summed E-state index contributed by atoms with van der Waals surface area (Å²) in [6, 6.07) is 8.78. The molecule has 192 valence electrons. The molecule has 4 rings (SSSR count). The van der Waals surface area contributed by atoms with Crippen LogP contribution in [0.2, 0.25) is 5.02 Å². The smallest absolute Gasteiger partial charge is 0.126 e. The molecule has 2 aliphatic rings. The minimum Gasteiger partial charge on any atom is -0.392 e. The zero-order valence-corrected chi connectivity index (χ0v) is 21.5. The Labute approximate surface area is 213 Å². The highest BCUT2D eigenvalue weighted by molar-refractivity contribution is 6.33. The second-order valence-electron chi connectivity index (χ2n) is 10.2. The van der Waals surface area contributed by atoms with Crippen molar-refractivity contribution >= 4 is 23.2 Å². The van der Waals surface area contributed by atoms with E-state index in [1.807, 2.05) is 38.1 Å². The quantitative estimate of drug-likeness (QED) is 0.351. The highest BCUT2D eigenvalue weighted by atomic mass is 35.5. The molecular formula is C26H39ClN6O2. The van der Waals surface area contributed by atoms with Gasteiger partial charge in [-0.05, 0) is 70.6 Å². The van der Waals surface area contributed by atoms with Gasteiger partial charge in [0.25, 0.3) is 0 Å². The lowest BCUT2D eigenvalue weighted by Gasteiger charge is -2.33. The average molecular weight is 503 g/mol. The molecule has 8 nitrogen and oxygen atoms in total. The summed E-state index contributed by atoms with van der Waals surface area (Å²) in [5, 5.41) is 20.8. The Morgan fingerprint density at radius 1 is 1.14 bits per heavy atom. The molecule has 2 aromatic heterocycles. The average Bonchev–Trinajstić information content (AvgIpc) is 2.86. The van der Waals surface area contributed by atoms with Crippen molar-refractivity contribution in [3.8, 4) is 11.3 Å². The van der Waals surface area contributed by atoms with E-state index < -0.39 is 0 Å². The largest absolute Gasteiger partial charge is 0.392 e. The molecule has 0 bridgehead atoms. The molecule has 0 amide bonds. The zero-order valence-electron chi connectivity index (χ0n) is 20.8. The number of nitrogens with one attached hydrogen (secondary N) is 3. The van der Waals surface area contributed by atoms with Crippen LogP contribution in [0.25, 0.3) is 11.3 Å². The Morgan fingerprint density at radius 3 is 2.57 bits per heavy atom. The van der Waals surface area contributed by atoms with E-state index >= 15 is 0 Å². The molecule has 9 heteroatoms. The van der Waals surface area contributed by atoms with Crippen molar-refractivity contribution in [1.82, 2.24) is 15.3 Å². The van der Waals surface area contributed by atoms with Gasteiger partial charge >= 0.3 is 0 Å². The summed E-state index contributed by atoms with van der Waals surface area (Å²) in [5.41, 5.74) is 7.88. The fourth-order valence-electron chi connectivity index (χ4n) is 4.74. The second kappa shape index (κ2) is 11.8. The standard InChI is InChI=1S/C26H39ClN6O2/c1-17(18(2)34)31-19-6-8-20(9-7-19)32-25-14-21(22(27)15-29-25)23-4-3-5-24(33-23)30-16-26(28)10-12-35-13-11-26/h3-5,14-15,17-20,31,34H,6-13,16,28H2,1-2H3,(H,29,32)(H,30,33)/t17-,18+,19-,20-/m0/s1. The number of nitrogens with zero attached hydrogens (tertiary/aromatic N) is 2. The zero-order chi connectivity index (χ0) is 24.8.